The van der Waals surface area contributed by atoms with Crippen LogP contribution in [0, 0.1) is 0 Å². The Balaban J connectivity index is 1.95. The molecular formula is C16H14O3. The quantitative estimate of drug-likeness (QED) is 0.518. The van der Waals surface area contributed by atoms with E-state index in [1.807, 2.05) is 30.3 Å². The van der Waals surface area contributed by atoms with E-state index in [-0.39, 0.29) is 6.61 Å². The molecule has 0 fully saturated rings. The third kappa shape index (κ3) is 4.08. The third-order valence-corrected chi connectivity index (χ3v) is 2.54. The first-order valence-electron chi connectivity index (χ1n) is 5.92. The molecule has 0 aliphatic heterocycles. The Morgan fingerprint density at radius 2 is 1.74 bits per heavy atom. The Kier molecular flexibility index (Phi) is 4.48. The summed E-state index contributed by atoms with van der Waals surface area (Å²) in [6.07, 6.45) is 3.08. The zero-order valence-electron chi connectivity index (χ0n) is 10.3. The maximum atomic E-state index is 11.6. The molecule has 96 valence electrons. The molecule has 2 aromatic carbocycles. The van der Waals surface area contributed by atoms with Crippen LogP contribution >= 0.6 is 0 Å². The first-order chi connectivity index (χ1) is 9.28. The molecule has 0 unspecified atom stereocenters. The molecule has 2 rings (SSSR count). The molecule has 0 spiro atoms. The van der Waals surface area contributed by atoms with Crippen LogP contribution in [0.3, 0.4) is 0 Å². The molecule has 1 N–H and O–H groups in total. The van der Waals surface area contributed by atoms with Crippen LogP contribution in [0.25, 0.3) is 6.08 Å². The summed E-state index contributed by atoms with van der Waals surface area (Å²) < 4.78 is 5.13. The average molecular weight is 254 g/mol. The highest BCUT2D eigenvalue weighted by molar-refractivity contribution is 5.88. The molecule has 3 heteroatoms. The van der Waals surface area contributed by atoms with Crippen molar-refractivity contribution in [1.82, 2.24) is 0 Å². The fourth-order valence-electron chi connectivity index (χ4n) is 1.54. The van der Waals surface area contributed by atoms with Crippen LogP contribution in [0.5, 0.6) is 5.75 Å². The molecule has 0 saturated carbocycles. The second-order valence-corrected chi connectivity index (χ2v) is 3.97. The SMILES string of the molecule is O=C(C=Cc1ccccc1)Oc1ccc(CO)cc1. The summed E-state index contributed by atoms with van der Waals surface area (Å²) in [5.41, 5.74) is 1.72. The summed E-state index contributed by atoms with van der Waals surface area (Å²) in [6, 6.07) is 16.3. The lowest BCUT2D eigenvalue weighted by Gasteiger charge is -2.02. The molecule has 0 aliphatic rings. The summed E-state index contributed by atoms with van der Waals surface area (Å²) >= 11 is 0. The Morgan fingerprint density at radius 3 is 2.37 bits per heavy atom. The molecule has 0 aliphatic carbocycles. The maximum absolute atomic E-state index is 11.6. The van der Waals surface area contributed by atoms with Crippen molar-refractivity contribution < 1.29 is 14.6 Å². The number of aliphatic hydroxyl groups excluding tert-OH is 1. The first kappa shape index (κ1) is 13.1. The number of hydrogen-bond acceptors (Lipinski definition) is 3. The van der Waals surface area contributed by atoms with Crippen LogP contribution in [0.4, 0.5) is 0 Å². The van der Waals surface area contributed by atoms with Crippen LogP contribution in [0.2, 0.25) is 0 Å². The highest BCUT2D eigenvalue weighted by atomic mass is 16.5. The summed E-state index contributed by atoms with van der Waals surface area (Å²) in [5.74, 6) is 0.0283. The molecule has 0 heterocycles. The van der Waals surface area contributed by atoms with Crippen molar-refractivity contribution in [3.8, 4) is 5.75 Å². The second-order valence-electron chi connectivity index (χ2n) is 3.97. The molecule has 19 heavy (non-hydrogen) atoms. The lowest BCUT2D eigenvalue weighted by Crippen LogP contribution is -2.03. The Labute approximate surface area is 111 Å². The topological polar surface area (TPSA) is 46.5 Å². The highest BCUT2D eigenvalue weighted by Crippen LogP contribution is 2.12. The van der Waals surface area contributed by atoms with Gasteiger partial charge in [0, 0.05) is 6.08 Å². The molecule has 0 aromatic heterocycles. The molecule has 0 bridgehead atoms. The minimum absolute atomic E-state index is 0.0257. The maximum Gasteiger partial charge on any atom is 0.336 e. The van der Waals surface area contributed by atoms with Crippen LogP contribution in [-0.4, -0.2) is 11.1 Å². The van der Waals surface area contributed by atoms with Crippen molar-refractivity contribution in [3.05, 3.63) is 71.8 Å². The van der Waals surface area contributed by atoms with Gasteiger partial charge < -0.3 is 9.84 Å². The van der Waals surface area contributed by atoms with Gasteiger partial charge in [-0.05, 0) is 29.3 Å². The van der Waals surface area contributed by atoms with Gasteiger partial charge in [-0.25, -0.2) is 4.79 Å². The number of benzene rings is 2. The number of esters is 1. The molecule has 2 aromatic rings. The van der Waals surface area contributed by atoms with E-state index >= 15 is 0 Å². The first-order valence-corrected chi connectivity index (χ1v) is 5.92. The number of carbonyl (C=O) groups is 1. The summed E-state index contributed by atoms with van der Waals surface area (Å²) in [6.45, 7) is -0.0257. The van der Waals surface area contributed by atoms with E-state index in [1.54, 1.807) is 30.3 Å². The van der Waals surface area contributed by atoms with E-state index in [2.05, 4.69) is 0 Å². The summed E-state index contributed by atoms with van der Waals surface area (Å²) in [5, 5.41) is 8.90. The van der Waals surface area contributed by atoms with E-state index in [0.29, 0.717) is 5.75 Å². The smallest absolute Gasteiger partial charge is 0.336 e. The molecule has 0 atom stereocenters. The Morgan fingerprint density at radius 1 is 1.05 bits per heavy atom. The van der Waals surface area contributed by atoms with Crippen molar-refractivity contribution in [3.63, 3.8) is 0 Å². The van der Waals surface area contributed by atoms with E-state index in [0.717, 1.165) is 11.1 Å². The standard InChI is InChI=1S/C16H14O3/c17-12-14-6-9-15(10-7-14)19-16(18)11-8-13-4-2-1-3-5-13/h1-11,17H,12H2. The van der Waals surface area contributed by atoms with E-state index in [9.17, 15) is 4.79 Å². The minimum atomic E-state index is -0.430. The van der Waals surface area contributed by atoms with Crippen molar-refractivity contribution in [2.45, 2.75) is 6.61 Å². The Hall–Kier alpha value is -2.39. The van der Waals surface area contributed by atoms with Gasteiger partial charge in [0.1, 0.15) is 5.75 Å². The Bertz CT molecular complexity index is 556. The van der Waals surface area contributed by atoms with Crippen LogP contribution in [-0.2, 0) is 11.4 Å². The summed E-state index contributed by atoms with van der Waals surface area (Å²) in [4.78, 5) is 11.6. The molecular weight excluding hydrogens is 240 g/mol. The van der Waals surface area contributed by atoms with Crippen molar-refractivity contribution in [2.24, 2.45) is 0 Å². The van der Waals surface area contributed by atoms with Gasteiger partial charge in [-0.15, -0.1) is 0 Å². The zero-order valence-corrected chi connectivity index (χ0v) is 10.3. The lowest BCUT2D eigenvalue weighted by atomic mass is 10.2. The molecule has 3 nitrogen and oxygen atoms in total. The zero-order chi connectivity index (χ0) is 13.5. The number of carbonyl (C=O) groups excluding carboxylic acids is 1. The minimum Gasteiger partial charge on any atom is -0.423 e. The molecule has 0 saturated heterocycles. The normalized spacial score (nSPS) is 10.6. The monoisotopic (exact) mass is 254 g/mol. The third-order valence-electron chi connectivity index (χ3n) is 2.54. The van der Waals surface area contributed by atoms with Crippen LogP contribution in [0.15, 0.2) is 60.7 Å². The summed E-state index contributed by atoms with van der Waals surface area (Å²) in [7, 11) is 0. The number of rotatable bonds is 4. The highest BCUT2D eigenvalue weighted by Gasteiger charge is 2.00. The van der Waals surface area contributed by atoms with Crippen molar-refractivity contribution in [1.29, 1.82) is 0 Å². The van der Waals surface area contributed by atoms with E-state index in [4.69, 9.17) is 9.84 Å². The number of hydrogen-bond donors (Lipinski definition) is 1. The average Bonchev–Trinajstić information content (AvgIpc) is 2.47. The fraction of sp³-hybridized carbons (Fsp3) is 0.0625. The number of aliphatic hydroxyl groups is 1. The van der Waals surface area contributed by atoms with Crippen molar-refractivity contribution >= 4 is 12.0 Å². The second kappa shape index (κ2) is 6.52. The largest absolute Gasteiger partial charge is 0.423 e. The molecule has 0 amide bonds. The van der Waals surface area contributed by atoms with Gasteiger partial charge in [0.05, 0.1) is 6.61 Å². The van der Waals surface area contributed by atoms with Crippen LogP contribution in [0.1, 0.15) is 11.1 Å². The predicted molar refractivity (Wildman–Crippen MR) is 73.5 cm³/mol. The molecule has 0 radical (unpaired) electrons. The van der Waals surface area contributed by atoms with Gasteiger partial charge in [-0.1, -0.05) is 42.5 Å². The van der Waals surface area contributed by atoms with Gasteiger partial charge in [-0.3, -0.25) is 0 Å². The predicted octanol–water partition coefficient (Wildman–Crippen LogP) is 2.80. The van der Waals surface area contributed by atoms with Crippen LogP contribution < -0.4 is 4.74 Å². The van der Waals surface area contributed by atoms with Crippen molar-refractivity contribution in [2.75, 3.05) is 0 Å². The van der Waals surface area contributed by atoms with Gasteiger partial charge in [0.2, 0.25) is 0 Å². The van der Waals surface area contributed by atoms with E-state index in [1.165, 1.54) is 6.08 Å². The van der Waals surface area contributed by atoms with E-state index < -0.39 is 5.97 Å². The van der Waals surface area contributed by atoms with Gasteiger partial charge in [0.15, 0.2) is 0 Å². The lowest BCUT2D eigenvalue weighted by molar-refractivity contribution is -0.128. The number of ether oxygens (including phenoxy) is 1. The van der Waals surface area contributed by atoms with Gasteiger partial charge in [-0.2, -0.15) is 0 Å². The van der Waals surface area contributed by atoms with Gasteiger partial charge >= 0.3 is 5.97 Å². The van der Waals surface area contributed by atoms with Gasteiger partial charge in [0.25, 0.3) is 0 Å². The fourth-order valence-corrected chi connectivity index (χ4v) is 1.54.